The Morgan fingerprint density at radius 2 is 1.45 bits per heavy atom. The highest BCUT2D eigenvalue weighted by Gasteiger charge is 2.43. The summed E-state index contributed by atoms with van der Waals surface area (Å²) in [6.45, 7) is 15.5. The highest BCUT2D eigenvalue weighted by Crippen LogP contribution is 2.33. The predicted octanol–water partition coefficient (Wildman–Crippen LogP) is 6.00. The molecule has 2 N–H and O–H groups in total. The topological polar surface area (TPSA) is 87.7 Å². The Balaban J connectivity index is 2.51. The summed E-state index contributed by atoms with van der Waals surface area (Å²) in [5.74, 6) is -0.483. The van der Waals surface area contributed by atoms with Crippen molar-refractivity contribution in [3.8, 4) is 0 Å². The number of alkyl carbamates (subject to hydrolysis) is 1. The van der Waals surface area contributed by atoms with E-state index in [1.54, 1.807) is 25.7 Å². The number of benzene rings is 2. The van der Waals surface area contributed by atoms with E-state index in [4.69, 9.17) is 4.74 Å². The SMILES string of the molecule is CCC(C)(C)N(C(=O)C(CC(C)C)NC(=O)OC(C)(C)C)C(C(=O)NCc1ccccc1)c1ccccc1. The molecule has 3 amide bonds. The van der Waals surface area contributed by atoms with Crippen LogP contribution in [-0.2, 0) is 20.9 Å². The Labute approximate surface area is 228 Å². The minimum Gasteiger partial charge on any atom is -0.444 e. The Hall–Kier alpha value is -3.35. The second-order valence-electron chi connectivity index (χ2n) is 11.7. The molecule has 0 saturated carbocycles. The van der Waals surface area contributed by atoms with Crippen molar-refractivity contribution in [1.82, 2.24) is 15.5 Å². The van der Waals surface area contributed by atoms with Gasteiger partial charge in [0.2, 0.25) is 11.8 Å². The van der Waals surface area contributed by atoms with Crippen molar-refractivity contribution >= 4 is 17.9 Å². The van der Waals surface area contributed by atoms with Crippen LogP contribution in [0.3, 0.4) is 0 Å². The lowest BCUT2D eigenvalue weighted by atomic mass is 9.91. The van der Waals surface area contributed by atoms with E-state index in [9.17, 15) is 14.4 Å². The number of carbonyl (C=O) groups is 3. The molecule has 0 aromatic heterocycles. The van der Waals surface area contributed by atoms with Crippen LogP contribution in [0.2, 0.25) is 0 Å². The second-order valence-corrected chi connectivity index (χ2v) is 11.7. The van der Waals surface area contributed by atoms with E-state index in [0.717, 1.165) is 5.56 Å². The highest BCUT2D eigenvalue weighted by molar-refractivity contribution is 5.92. The normalized spacial score (nSPS) is 13.4. The van der Waals surface area contributed by atoms with Crippen LogP contribution in [0.1, 0.15) is 85.4 Å². The molecule has 38 heavy (non-hydrogen) atoms. The molecule has 208 valence electrons. The van der Waals surface area contributed by atoms with Gasteiger partial charge >= 0.3 is 6.09 Å². The summed E-state index contributed by atoms with van der Waals surface area (Å²) in [6.07, 6.45) is 0.353. The highest BCUT2D eigenvalue weighted by atomic mass is 16.6. The lowest BCUT2D eigenvalue weighted by molar-refractivity contribution is -0.149. The summed E-state index contributed by atoms with van der Waals surface area (Å²) in [5.41, 5.74) is 0.270. The number of nitrogens with zero attached hydrogens (tertiary/aromatic N) is 1. The van der Waals surface area contributed by atoms with Gasteiger partial charge in [0, 0.05) is 12.1 Å². The number of rotatable bonds is 11. The van der Waals surface area contributed by atoms with Crippen LogP contribution in [0.25, 0.3) is 0 Å². The van der Waals surface area contributed by atoms with Gasteiger partial charge in [0.15, 0.2) is 0 Å². The molecule has 0 fully saturated rings. The molecular weight excluding hydrogens is 478 g/mol. The first-order valence-electron chi connectivity index (χ1n) is 13.4. The van der Waals surface area contributed by atoms with Crippen molar-refractivity contribution in [2.45, 2.75) is 98.0 Å². The van der Waals surface area contributed by atoms with Gasteiger partial charge in [-0.1, -0.05) is 81.4 Å². The quantitative estimate of drug-likeness (QED) is 0.378. The van der Waals surface area contributed by atoms with Crippen LogP contribution >= 0.6 is 0 Å². The first-order valence-corrected chi connectivity index (χ1v) is 13.4. The zero-order valence-electron chi connectivity index (χ0n) is 24.2. The van der Waals surface area contributed by atoms with E-state index in [2.05, 4.69) is 10.6 Å². The van der Waals surface area contributed by atoms with E-state index in [1.165, 1.54) is 0 Å². The number of hydrogen-bond donors (Lipinski definition) is 2. The van der Waals surface area contributed by atoms with Gasteiger partial charge in [0.1, 0.15) is 17.7 Å². The standard InChI is InChI=1S/C31H45N3O4/c1-9-31(7,8)34(28(36)25(20-22(2)3)33-29(37)38-30(4,5)6)26(24-18-14-11-15-19-24)27(35)32-21-23-16-12-10-13-17-23/h10-19,22,25-26H,9,20-21H2,1-8H3,(H,32,35)(H,33,37). The van der Waals surface area contributed by atoms with Gasteiger partial charge in [0.25, 0.3) is 0 Å². The average Bonchev–Trinajstić information content (AvgIpc) is 2.84. The molecule has 0 aliphatic carbocycles. The summed E-state index contributed by atoms with van der Waals surface area (Å²) >= 11 is 0. The van der Waals surface area contributed by atoms with Gasteiger partial charge in [-0.25, -0.2) is 4.79 Å². The molecule has 0 radical (unpaired) electrons. The van der Waals surface area contributed by atoms with Gasteiger partial charge in [-0.2, -0.15) is 0 Å². The Morgan fingerprint density at radius 3 is 1.95 bits per heavy atom. The van der Waals surface area contributed by atoms with Crippen molar-refractivity contribution in [3.63, 3.8) is 0 Å². The van der Waals surface area contributed by atoms with E-state index in [1.807, 2.05) is 95.3 Å². The summed E-state index contributed by atoms with van der Waals surface area (Å²) < 4.78 is 5.47. The molecule has 0 saturated heterocycles. The molecular formula is C31H45N3O4. The molecule has 0 bridgehead atoms. The summed E-state index contributed by atoms with van der Waals surface area (Å²) in [5, 5.41) is 5.84. The Bertz CT molecular complexity index is 1050. The fraction of sp³-hybridized carbons (Fsp3) is 0.516. The van der Waals surface area contributed by atoms with Crippen LogP contribution in [0.4, 0.5) is 4.79 Å². The molecule has 0 aliphatic heterocycles. The van der Waals surface area contributed by atoms with Gasteiger partial charge in [0.05, 0.1) is 0 Å². The number of hydrogen-bond acceptors (Lipinski definition) is 4. The van der Waals surface area contributed by atoms with Crippen LogP contribution in [0.15, 0.2) is 60.7 Å². The molecule has 7 nitrogen and oxygen atoms in total. The molecule has 0 heterocycles. The first kappa shape index (κ1) is 30.9. The van der Waals surface area contributed by atoms with Gasteiger partial charge in [-0.05, 0) is 64.5 Å². The van der Waals surface area contributed by atoms with Crippen LogP contribution < -0.4 is 10.6 Å². The molecule has 0 aliphatic rings. The third kappa shape index (κ3) is 9.19. The second kappa shape index (κ2) is 13.4. The Kier molecular flexibility index (Phi) is 10.9. The van der Waals surface area contributed by atoms with E-state index in [0.29, 0.717) is 24.9 Å². The maximum absolute atomic E-state index is 14.4. The molecule has 2 rings (SSSR count). The number of ether oxygens (including phenoxy) is 1. The van der Waals surface area contributed by atoms with E-state index < -0.39 is 29.3 Å². The van der Waals surface area contributed by atoms with Gasteiger partial charge in [-0.3, -0.25) is 9.59 Å². The summed E-state index contributed by atoms with van der Waals surface area (Å²) in [4.78, 5) is 42.6. The average molecular weight is 524 g/mol. The zero-order chi connectivity index (χ0) is 28.5. The summed E-state index contributed by atoms with van der Waals surface area (Å²) in [6, 6.07) is 17.2. The smallest absolute Gasteiger partial charge is 0.408 e. The molecule has 7 heteroatoms. The number of carbonyl (C=O) groups excluding carboxylic acids is 3. The van der Waals surface area contributed by atoms with Crippen LogP contribution in [0.5, 0.6) is 0 Å². The van der Waals surface area contributed by atoms with Gasteiger partial charge < -0.3 is 20.3 Å². The molecule has 2 unspecified atom stereocenters. The van der Waals surface area contributed by atoms with E-state index >= 15 is 0 Å². The zero-order valence-corrected chi connectivity index (χ0v) is 24.2. The minimum atomic E-state index is -0.891. The van der Waals surface area contributed by atoms with Crippen molar-refractivity contribution in [1.29, 1.82) is 0 Å². The Morgan fingerprint density at radius 1 is 0.895 bits per heavy atom. The van der Waals surface area contributed by atoms with E-state index in [-0.39, 0.29) is 17.7 Å². The van der Waals surface area contributed by atoms with Crippen molar-refractivity contribution in [2.24, 2.45) is 5.92 Å². The van der Waals surface area contributed by atoms with Crippen LogP contribution in [-0.4, -0.2) is 40.0 Å². The molecule has 0 spiro atoms. The fourth-order valence-electron chi connectivity index (χ4n) is 4.19. The lowest BCUT2D eigenvalue weighted by Crippen LogP contribution is -2.59. The number of amides is 3. The maximum Gasteiger partial charge on any atom is 0.408 e. The predicted molar refractivity (Wildman–Crippen MR) is 151 cm³/mol. The van der Waals surface area contributed by atoms with Crippen molar-refractivity contribution in [2.75, 3.05) is 0 Å². The van der Waals surface area contributed by atoms with Gasteiger partial charge in [-0.15, -0.1) is 0 Å². The first-order chi connectivity index (χ1) is 17.7. The lowest BCUT2D eigenvalue weighted by Gasteiger charge is -2.44. The van der Waals surface area contributed by atoms with Crippen LogP contribution in [0, 0.1) is 5.92 Å². The molecule has 2 aromatic carbocycles. The minimum absolute atomic E-state index is 0.118. The number of nitrogens with one attached hydrogen (secondary N) is 2. The third-order valence-corrected chi connectivity index (χ3v) is 6.38. The maximum atomic E-state index is 14.4. The monoisotopic (exact) mass is 523 g/mol. The molecule has 2 aromatic rings. The molecule has 2 atom stereocenters. The third-order valence-electron chi connectivity index (χ3n) is 6.38. The van der Waals surface area contributed by atoms with Crippen molar-refractivity contribution in [3.05, 3.63) is 71.8 Å². The summed E-state index contributed by atoms with van der Waals surface area (Å²) in [7, 11) is 0. The fourth-order valence-corrected chi connectivity index (χ4v) is 4.19. The van der Waals surface area contributed by atoms with Crippen molar-refractivity contribution < 1.29 is 19.1 Å². The largest absolute Gasteiger partial charge is 0.444 e.